The third-order valence-corrected chi connectivity index (χ3v) is 4.60. The van der Waals surface area contributed by atoms with Crippen molar-refractivity contribution in [2.45, 2.75) is 0 Å². The molecular formula is C20H14BrFN4O3. The monoisotopic (exact) mass is 456 g/mol. The number of nitrogens with zero attached hydrogens (tertiary/aromatic N) is 2. The largest absolute Gasteiger partial charge is 0.457 e. The summed E-state index contributed by atoms with van der Waals surface area (Å²) in [5.41, 5.74) is 1.86. The lowest BCUT2D eigenvalue weighted by atomic mass is 10.3. The molecule has 29 heavy (non-hydrogen) atoms. The van der Waals surface area contributed by atoms with E-state index in [1.807, 2.05) is 0 Å². The molecule has 1 amide bonds. The minimum atomic E-state index is -0.393. The average Bonchev–Trinajstić information content (AvgIpc) is 3.12. The van der Waals surface area contributed by atoms with Gasteiger partial charge in [-0.05, 0) is 52.3 Å². The molecule has 0 saturated carbocycles. The molecule has 7 nitrogen and oxygen atoms in total. The van der Waals surface area contributed by atoms with E-state index in [0.717, 1.165) is 0 Å². The quantitative estimate of drug-likeness (QED) is 0.438. The molecule has 0 saturated heterocycles. The number of carbonyl (C=O) groups excluding carboxylic acids is 1. The Morgan fingerprint density at radius 2 is 1.97 bits per heavy atom. The molecule has 0 unspecified atom stereocenters. The van der Waals surface area contributed by atoms with Gasteiger partial charge in [0.25, 0.3) is 11.9 Å². The number of nitrogens with one attached hydrogen (secondary N) is 2. The van der Waals surface area contributed by atoms with Crippen molar-refractivity contribution in [2.75, 3.05) is 12.4 Å². The number of amides is 1. The molecule has 4 rings (SSSR count). The number of hydrogen-bond donors (Lipinski definition) is 2. The number of anilines is 2. The maximum absolute atomic E-state index is 13.7. The lowest BCUT2D eigenvalue weighted by Gasteiger charge is -2.06. The molecule has 2 N–H and O–H groups in total. The van der Waals surface area contributed by atoms with Gasteiger partial charge < -0.3 is 19.8 Å². The first-order valence-corrected chi connectivity index (χ1v) is 9.30. The molecule has 0 spiro atoms. The molecule has 9 heteroatoms. The Labute approximate surface area is 173 Å². The molecule has 0 aliphatic heterocycles. The molecule has 146 valence electrons. The summed E-state index contributed by atoms with van der Waals surface area (Å²) in [7, 11) is 1.53. The van der Waals surface area contributed by atoms with Gasteiger partial charge in [-0.1, -0.05) is 0 Å². The van der Waals surface area contributed by atoms with Crippen LogP contribution in [0.4, 0.5) is 16.1 Å². The molecule has 0 aliphatic rings. The summed E-state index contributed by atoms with van der Waals surface area (Å²) in [4.78, 5) is 20.1. The molecular weight excluding hydrogens is 443 g/mol. The first-order valence-electron chi connectivity index (χ1n) is 8.50. The van der Waals surface area contributed by atoms with Gasteiger partial charge in [0.05, 0.1) is 4.47 Å². The highest BCUT2D eigenvalue weighted by Gasteiger charge is 2.11. The fourth-order valence-electron chi connectivity index (χ4n) is 2.58. The Bertz CT molecular complexity index is 1210. The maximum Gasteiger partial charge on any atom is 0.300 e. The van der Waals surface area contributed by atoms with Gasteiger partial charge >= 0.3 is 0 Å². The number of pyridine rings is 1. The van der Waals surface area contributed by atoms with Crippen molar-refractivity contribution in [1.82, 2.24) is 15.3 Å². The number of rotatable bonds is 5. The second-order valence-electron chi connectivity index (χ2n) is 5.96. The smallest absolute Gasteiger partial charge is 0.300 e. The Hall–Kier alpha value is -3.46. The lowest BCUT2D eigenvalue weighted by molar-refractivity contribution is 0.0958. The highest BCUT2D eigenvalue weighted by Crippen LogP contribution is 2.29. The summed E-state index contributed by atoms with van der Waals surface area (Å²) < 4.78 is 25.5. The summed E-state index contributed by atoms with van der Waals surface area (Å²) in [6.45, 7) is 0. The van der Waals surface area contributed by atoms with E-state index >= 15 is 0 Å². The van der Waals surface area contributed by atoms with Gasteiger partial charge in [0.1, 0.15) is 28.5 Å². The summed E-state index contributed by atoms with van der Waals surface area (Å²) in [5, 5.41) is 5.44. The normalized spacial score (nSPS) is 10.7. The summed E-state index contributed by atoms with van der Waals surface area (Å²) in [5.74, 6) is 0.281. The second kappa shape index (κ2) is 7.88. The number of ether oxygens (including phenoxy) is 1. The van der Waals surface area contributed by atoms with Crippen LogP contribution in [-0.2, 0) is 0 Å². The summed E-state index contributed by atoms with van der Waals surface area (Å²) in [6, 6.07) is 13.2. The van der Waals surface area contributed by atoms with Crippen LogP contribution in [0.1, 0.15) is 10.5 Å². The van der Waals surface area contributed by atoms with Crippen molar-refractivity contribution in [1.29, 1.82) is 0 Å². The summed E-state index contributed by atoms with van der Waals surface area (Å²) in [6.07, 6.45) is 1.49. The SMILES string of the molecule is CNC(=O)c1cc(Oc2ccc3oc(Nc4ccc(Br)c(F)c4)nc3c2)ccn1. The average molecular weight is 457 g/mol. The zero-order chi connectivity index (χ0) is 20.4. The van der Waals surface area contributed by atoms with E-state index in [2.05, 4.69) is 36.5 Å². The Morgan fingerprint density at radius 1 is 1.14 bits per heavy atom. The number of fused-ring (bicyclic) bond motifs is 1. The fraction of sp³-hybridized carbons (Fsp3) is 0.0500. The molecule has 2 aromatic carbocycles. The number of benzene rings is 2. The van der Waals surface area contributed by atoms with Gasteiger partial charge in [-0.2, -0.15) is 4.98 Å². The van der Waals surface area contributed by atoms with E-state index in [1.165, 1.54) is 19.3 Å². The molecule has 4 aromatic rings. The van der Waals surface area contributed by atoms with E-state index in [9.17, 15) is 9.18 Å². The Kier molecular flexibility index (Phi) is 5.13. The Balaban J connectivity index is 1.55. The van der Waals surface area contributed by atoms with Crippen LogP contribution < -0.4 is 15.4 Å². The third-order valence-electron chi connectivity index (χ3n) is 3.96. The van der Waals surface area contributed by atoms with Crippen LogP contribution in [0.5, 0.6) is 11.5 Å². The molecule has 0 aliphatic carbocycles. The van der Waals surface area contributed by atoms with Crippen LogP contribution in [0, 0.1) is 5.82 Å². The summed E-state index contributed by atoms with van der Waals surface area (Å²) >= 11 is 3.11. The molecule has 2 aromatic heterocycles. The van der Waals surface area contributed by atoms with Crippen molar-refractivity contribution in [3.8, 4) is 11.5 Å². The highest BCUT2D eigenvalue weighted by atomic mass is 79.9. The predicted molar refractivity (Wildman–Crippen MR) is 109 cm³/mol. The number of carbonyl (C=O) groups is 1. The van der Waals surface area contributed by atoms with Crippen LogP contribution in [0.2, 0.25) is 0 Å². The number of oxazole rings is 1. The van der Waals surface area contributed by atoms with Crippen LogP contribution in [0.25, 0.3) is 11.1 Å². The number of aromatic nitrogens is 2. The van der Waals surface area contributed by atoms with Crippen LogP contribution in [0.3, 0.4) is 0 Å². The first kappa shape index (κ1) is 18.9. The van der Waals surface area contributed by atoms with E-state index in [-0.39, 0.29) is 17.6 Å². The Morgan fingerprint density at radius 3 is 2.76 bits per heavy atom. The van der Waals surface area contributed by atoms with Crippen LogP contribution in [-0.4, -0.2) is 22.9 Å². The lowest BCUT2D eigenvalue weighted by Crippen LogP contribution is -2.18. The maximum atomic E-state index is 13.7. The van der Waals surface area contributed by atoms with Gasteiger partial charge in [0, 0.05) is 31.1 Å². The van der Waals surface area contributed by atoms with Crippen molar-refractivity contribution < 1.29 is 18.3 Å². The van der Waals surface area contributed by atoms with E-state index in [0.29, 0.717) is 32.8 Å². The molecule has 2 heterocycles. The first-order chi connectivity index (χ1) is 14.0. The number of halogens is 2. The minimum Gasteiger partial charge on any atom is -0.457 e. The van der Waals surface area contributed by atoms with Gasteiger partial charge in [-0.15, -0.1) is 0 Å². The minimum absolute atomic E-state index is 0.227. The topological polar surface area (TPSA) is 89.3 Å². The predicted octanol–water partition coefficient (Wildman–Crippen LogP) is 5.02. The zero-order valence-corrected chi connectivity index (χ0v) is 16.7. The van der Waals surface area contributed by atoms with Crippen molar-refractivity contribution in [3.63, 3.8) is 0 Å². The van der Waals surface area contributed by atoms with E-state index in [4.69, 9.17) is 9.15 Å². The third kappa shape index (κ3) is 4.19. The van der Waals surface area contributed by atoms with Gasteiger partial charge in [0.15, 0.2) is 5.58 Å². The van der Waals surface area contributed by atoms with Gasteiger partial charge in [-0.25, -0.2) is 4.39 Å². The van der Waals surface area contributed by atoms with Gasteiger partial charge in [-0.3, -0.25) is 9.78 Å². The molecule has 0 radical (unpaired) electrons. The fourth-order valence-corrected chi connectivity index (χ4v) is 2.83. The standard InChI is InChI=1S/C20H14BrFN4O3/c1-23-19(27)17-10-13(6-7-24-17)28-12-3-5-18-16(9-12)26-20(29-18)25-11-2-4-14(21)15(22)8-11/h2-10H,1H3,(H,23,27)(H,25,26). The van der Waals surface area contributed by atoms with Crippen molar-refractivity contribution in [2.24, 2.45) is 0 Å². The van der Waals surface area contributed by atoms with E-state index < -0.39 is 5.82 Å². The highest BCUT2D eigenvalue weighted by molar-refractivity contribution is 9.10. The number of hydrogen-bond acceptors (Lipinski definition) is 6. The molecule has 0 bridgehead atoms. The van der Waals surface area contributed by atoms with E-state index in [1.54, 1.807) is 42.5 Å². The molecule has 0 atom stereocenters. The van der Waals surface area contributed by atoms with Crippen molar-refractivity contribution in [3.05, 3.63) is 70.7 Å². The second-order valence-corrected chi connectivity index (χ2v) is 6.81. The van der Waals surface area contributed by atoms with Crippen LogP contribution in [0.15, 0.2) is 63.6 Å². The molecule has 0 fully saturated rings. The van der Waals surface area contributed by atoms with Crippen LogP contribution >= 0.6 is 15.9 Å². The zero-order valence-electron chi connectivity index (χ0n) is 15.1. The van der Waals surface area contributed by atoms with Gasteiger partial charge in [0.2, 0.25) is 0 Å². The van der Waals surface area contributed by atoms with Crippen molar-refractivity contribution >= 4 is 44.6 Å².